The van der Waals surface area contributed by atoms with E-state index in [0.29, 0.717) is 30.3 Å². The minimum Gasteiger partial charge on any atom is -0.477 e. The van der Waals surface area contributed by atoms with Crippen molar-refractivity contribution in [2.45, 2.75) is 13.8 Å². The van der Waals surface area contributed by atoms with Gasteiger partial charge in [0, 0.05) is 29.5 Å². The SMILES string of the molecule is CCOc1ccc(-c2cccc(C(=O)NCCSCC)c2)nn1. The fraction of sp³-hybridized carbons (Fsp3) is 0.353. The van der Waals surface area contributed by atoms with Crippen LogP contribution in [0.2, 0.25) is 0 Å². The van der Waals surface area contributed by atoms with E-state index in [1.807, 2.05) is 31.2 Å². The Balaban J connectivity index is 2.05. The number of hydrogen-bond donors (Lipinski definition) is 1. The maximum absolute atomic E-state index is 12.2. The van der Waals surface area contributed by atoms with E-state index in [9.17, 15) is 4.79 Å². The fourth-order valence-corrected chi connectivity index (χ4v) is 2.54. The van der Waals surface area contributed by atoms with E-state index in [1.54, 1.807) is 23.9 Å². The lowest BCUT2D eigenvalue weighted by atomic mass is 10.1. The summed E-state index contributed by atoms with van der Waals surface area (Å²) in [5.74, 6) is 2.41. The number of aromatic nitrogens is 2. The molecule has 2 aromatic rings. The highest BCUT2D eigenvalue weighted by molar-refractivity contribution is 7.99. The van der Waals surface area contributed by atoms with Gasteiger partial charge in [0.05, 0.1) is 12.3 Å². The fourth-order valence-electron chi connectivity index (χ4n) is 2.00. The first kappa shape index (κ1) is 17.3. The first-order valence-electron chi connectivity index (χ1n) is 7.67. The molecule has 0 aliphatic carbocycles. The Morgan fingerprint density at radius 1 is 1.22 bits per heavy atom. The molecule has 1 aromatic heterocycles. The Morgan fingerprint density at radius 2 is 2.09 bits per heavy atom. The summed E-state index contributed by atoms with van der Waals surface area (Å²) in [7, 11) is 0. The highest BCUT2D eigenvalue weighted by Gasteiger charge is 2.08. The molecular formula is C17H21N3O2S. The Kier molecular flexibility index (Phi) is 6.87. The summed E-state index contributed by atoms with van der Waals surface area (Å²) in [6, 6.07) is 11.0. The van der Waals surface area contributed by atoms with Gasteiger partial charge in [-0.1, -0.05) is 19.1 Å². The van der Waals surface area contributed by atoms with Crippen molar-refractivity contribution in [3.8, 4) is 17.1 Å². The van der Waals surface area contributed by atoms with Crippen LogP contribution in [0.4, 0.5) is 0 Å². The average molecular weight is 331 g/mol. The second-order valence-electron chi connectivity index (χ2n) is 4.72. The zero-order valence-electron chi connectivity index (χ0n) is 13.4. The molecule has 0 bridgehead atoms. The van der Waals surface area contributed by atoms with Crippen molar-refractivity contribution < 1.29 is 9.53 Å². The third-order valence-corrected chi connectivity index (χ3v) is 3.99. The number of carbonyl (C=O) groups is 1. The molecule has 122 valence electrons. The maximum atomic E-state index is 12.2. The van der Waals surface area contributed by atoms with Gasteiger partial charge in [0.2, 0.25) is 5.88 Å². The number of nitrogens with one attached hydrogen (secondary N) is 1. The van der Waals surface area contributed by atoms with Crippen LogP contribution in [0.5, 0.6) is 5.88 Å². The van der Waals surface area contributed by atoms with Gasteiger partial charge >= 0.3 is 0 Å². The van der Waals surface area contributed by atoms with Gasteiger partial charge in [-0.3, -0.25) is 4.79 Å². The molecule has 5 nitrogen and oxygen atoms in total. The molecule has 1 amide bonds. The first-order chi connectivity index (χ1) is 11.2. The quantitative estimate of drug-likeness (QED) is 0.753. The Hall–Kier alpha value is -2.08. The van der Waals surface area contributed by atoms with Crippen LogP contribution in [0.1, 0.15) is 24.2 Å². The molecule has 6 heteroatoms. The molecule has 0 fully saturated rings. The number of thioether (sulfide) groups is 1. The molecule has 1 heterocycles. The van der Waals surface area contributed by atoms with Gasteiger partial charge in [-0.25, -0.2) is 0 Å². The average Bonchev–Trinajstić information content (AvgIpc) is 2.60. The lowest BCUT2D eigenvalue weighted by Crippen LogP contribution is -2.25. The van der Waals surface area contributed by atoms with Gasteiger partial charge in [-0.2, -0.15) is 11.8 Å². The van der Waals surface area contributed by atoms with Gasteiger partial charge < -0.3 is 10.1 Å². The van der Waals surface area contributed by atoms with Gasteiger partial charge in [-0.15, -0.1) is 10.2 Å². The van der Waals surface area contributed by atoms with Crippen LogP contribution in [0.25, 0.3) is 11.3 Å². The van der Waals surface area contributed by atoms with Crippen molar-refractivity contribution >= 4 is 17.7 Å². The zero-order valence-corrected chi connectivity index (χ0v) is 14.2. The molecule has 0 unspecified atom stereocenters. The molecule has 0 spiro atoms. The third kappa shape index (κ3) is 5.25. The largest absolute Gasteiger partial charge is 0.477 e. The van der Waals surface area contributed by atoms with E-state index >= 15 is 0 Å². The van der Waals surface area contributed by atoms with Crippen LogP contribution < -0.4 is 10.1 Å². The first-order valence-corrected chi connectivity index (χ1v) is 8.83. The number of nitrogens with zero attached hydrogens (tertiary/aromatic N) is 2. The standard InChI is InChI=1S/C17H21N3O2S/c1-3-22-16-9-8-15(19-20-16)13-6-5-7-14(12-13)17(21)18-10-11-23-4-2/h5-9,12H,3-4,10-11H2,1-2H3,(H,18,21). The topological polar surface area (TPSA) is 64.1 Å². The summed E-state index contributed by atoms with van der Waals surface area (Å²) in [6.45, 7) is 5.23. The number of carbonyl (C=O) groups excluding carboxylic acids is 1. The molecule has 0 saturated heterocycles. The van der Waals surface area contributed by atoms with Crippen LogP contribution in [0.15, 0.2) is 36.4 Å². The van der Waals surface area contributed by atoms with E-state index in [1.165, 1.54) is 0 Å². The number of rotatable bonds is 8. The van der Waals surface area contributed by atoms with Crippen molar-refractivity contribution in [1.29, 1.82) is 0 Å². The van der Waals surface area contributed by atoms with Crippen LogP contribution in [0, 0.1) is 0 Å². The van der Waals surface area contributed by atoms with Gasteiger partial charge in [0.1, 0.15) is 0 Å². The maximum Gasteiger partial charge on any atom is 0.251 e. The van der Waals surface area contributed by atoms with Crippen LogP contribution in [-0.4, -0.2) is 40.8 Å². The van der Waals surface area contributed by atoms with E-state index in [4.69, 9.17) is 4.74 Å². The van der Waals surface area contributed by atoms with Gasteiger partial charge in [-0.05, 0) is 30.9 Å². The molecule has 0 atom stereocenters. The van der Waals surface area contributed by atoms with Gasteiger partial charge in [0.25, 0.3) is 5.91 Å². The van der Waals surface area contributed by atoms with E-state index in [-0.39, 0.29) is 5.91 Å². The van der Waals surface area contributed by atoms with Gasteiger partial charge in [0.15, 0.2) is 0 Å². The van der Waals surface area contributed by atoms with Crippen LogP contribution >= 0.6 is 11.8 Å². The predicted molar refractivity (Wildman–Crippen MR) is 94.0 cm³/mol. The predicted octanol–water partition coefficient (Wildman–Crippen LogP) is 3.03. The molecule has 0 radical (unpaired) electrons. The second-order valence-corrected chi connectivity index (χ2v) is 6.12. The lowest BCUT2D eigenvalue weighted by Gasteiger charge is -2.07. The highest BCUT2D eigenvalue weighted by Crippen LogP contribution is 2.19. The van der Waals surface area contributed by atoms with E-state index in [2.05, 4.69) is 22.4 Å². The third-order valence-electron chi connectivity index (χ3n) is 3.09. The second kappa shape index (κ2) is 9.15. The molecule has 23 heavy (non-hydrogen) atoms. The molecule has 0 saturated carbocycles. The monoisotopic (exact) mass is 331 g/mol. The van der Waals surface area contributed by atoms with Crippen molar-refractivity contribution in [2.24, 2.45) is 0 Å². The molecule has 2 rings (SSSR count). The van der Waals surface area contributed by atoms with Crippen LogP contribution in [0.3, 0.4) is 0 Å². The van der Waals surface area contributed by atoms with Crippen molar-refractivity contribution in [1.82, 2.24) is 15.5 Å². The minimum absolute atomic E-state index is 0.0672. The zero-order chi connectivity index (χ0) is 16.5. The van der Waals surface area contributed by atoms with Crippen molar-refractivity contribution in [3.05, 3.63) is 42.0 Å². The summed E-state index contributed by atoms with van der Waals surface area (Å²) in [5, 5.41) is 11.1. The summed E-state index contributed by atoms with van der Waals surface area (Å²) in [5.41, 5.74) is 2.19. The van der Waals surface area contributed by atoms with Crippen molar-refractivity contribution in [2.75, 3.05) is 24.7 Å². The molecular weight excluding hydrogens is 310 g/mol. The molecule has 1 N–H and O–H groups in total. The highest BCUT2D eigenvalue weighted by atomic mass is 32.2. The number of ether oxygens (including phenoxy) is 1. The number of amides is 1. The summed E-state index contributed by atoms with van der Waals surface area (Å²) in [6.07, 6.45) is 0. The van der Waals surface area contributed by atoms with E-state index in [0.717, 1.165) is 17.1 Å². The Morgan fingerprint density at radius 3 is 2.78 bits per heavy atom. The normalized spacial score (nSPS) is 10.3. The number of hydrogen-bond acceptors (Lipinski definition) is 5. The van der Waals surface area contributed by atoms with Crippen LogP contribution in [-0.2, 0) is 0 Å². The minimum atomic E-state index is -0.0672. The Labute approximate surface area is 140 Å². The summed E-state index contributed by atoms with van der Waals surface area (Å²) >= 11 is 1.81. The van der Waals surface area contributed by atoms with E-state index < -0.39 is 0 Å². The Bertz CT molecular complexity index is 632. The summed E-state index contributed by atoms with van der Waals surface area (Å²) in [4.78, 5) is 12.2. The lowest BCUT2D eigenvalue weighted by molar-refractivity contribution is 0.0956. The molecule has 0 aliphatic heterocycles. The van der Waals surface area contributed by atoms with Crippen molar-refractivity contribution in [3.63, 3.8) is 0 Å². The summed E-state index contributed by atoms with van der Waals surface area (Å²) < 4.78 is 5.28. The smallest absolute Gasteiger partial charge is 0.251 e. The molecule has 1 aromatic carbocycles. The number of benzene rings is 1. The molecule has 0 aliphatic rings.